The average Bonchev–Trinajstić information content (AvgIpc) is 3.57. The second kappa shape index (κ2) is 17.9. The Morgan fingerprint density at radius 3 is 2.31 bits per heavy atom. The summed E-state index contributed by atoms with van der Waals surface area (Å²) in [6, 6.07) is 7.18. The van der Waals surface area contributed by atoms with Crippen LogP contribution >= 0.6 is 0 Å². The fourth-order valence-electron chi connectivity index (χ4n) is 6.29. The molecule has 5 N–H and O–H groups in total. The van der Waals surface area contributed by atoms with Gasteiger partial charge in [0.2, 0.25) is 11.8 Å². The number of nitrogens with zero attached hydrogens (tertiary/aromatic N) is 2. The number of benzene rings is 1. The van der Waals surface area contributed by atoms with Gasteiger partial charge in [-0.25, -0.2) is 9.78 Å². The van der Waals surface area contributed by atoms with Crippen LogP contribution in [0.4, 0.5) is 4.79 Å². The minimum Gasteiger partial charge on any atom is -0.393 e. The fourth-order valence-corrected chi connectivity index (χ4v) is 6.29. The summed E-state index contributed by atoms with van der Waals surface area (Å²) in [7, 11) is 0. The Hall–Kier alpha value is -3.44. The zero-order valence-corrected chi connectivity index (χ0v) is 26.9. The number of nitrogens with one attached hydrogen (secondary N) is 4. The number of imidazole rings is 1. The van der Waals surface area contributed by atoms with Gasteiger partial charge in [-0.2, -0.15) is 0 Å². The molecule has 2 aliphatic rings. The summed E-state index contributed by atoms with van der Waals surface area (Å²) in [5, 5.41) is 20.0. The molecule has 4 amide bonds. The van der Waals surface area contributed by atoms with Gasteiger partial charge in [0.1, 0.15) is 12.1 Å². The summed E-state index contributed by atoms with van der Waals surface area (Å²) in [4.78, 5) is 49.9. The first-order valence-corrected chi connectivity index (χ1v) is 16.7. The maximum absolute atomic E-state index is 14.0. The number of aliphatic hydroxyl groups excluding tert-OH is 1. The first-order valence-electron chi connectivity index (χ1n) is 16.7. The molecule has 2 heterocycles. The molecule has 1 aliphatic carbocycles. The lowest BCUT2D eigenvalue weighted by Crippen LogP contribution is -2.58. The predicted molar refractivity (Wildman–Crippen MR) is 172 cm³/mol. The quantitative estimate of drug-likeness (QED) is 0.205. The van der Waals surface area contributed by atoms with Crippen LogP contribution in [0.3, 0.4) is 0 Å². The average molecular weight is 625 g/mol. The first kappa shape index (κ1) is 34.4. The summed E-state index contributed by atoms with van der Waals surface area (Å²) < 4.78 is 5.38. The summed E-state index contributed by atoms with van der Waals surface area (Å²) >= 11 is 0. The molecular formula is C34H52N6O5. The molecule has 1 saturated carbocycles. The monoisotopic (exact) mass is 624 g/mol. The molecule has 1 unspecified atom stereocenters. The smallest absolute Gasteiger partial charge is 0.318 e. The molecule has 0 radical (unpaired) electrons. The van der Waals surface area contributed by atoms with Crippen LogP contribution in [0.25, 0.3) is 0 Å². The van der Waals surface area contributed by atoms with Gasteiger partial charge < -0.3 is 35.7 Å². The van der Waals surface area contributed by atoms with E-state index in [0.29, 0.717) is 50.8 Å². The van der Waals surface area contributed by atoms with Crippen LogP contribution in [0.5, 0.6) is 0 Å². The van der Waals surface area contributed by atoms with E-state index < -0.39 is 24.1 Å². The van der Waals surface area contributed by atoms with Crippen molar-refractivity contribution in [1.82, 2.24) is 30.8 Å². The van der Waals surface area contributed by atoms with E-state index in [1.165, 1.54) is 6.42 Å². The van der Waals surface area contributed by atoms with Crippen LogP contribution < -0.4 is 16.0 Å². The van der Waals surface area contributed by atoms with Gasteiger partial charge in [0, 0.05) is 43.9 Å². The molecule has 11 heteroatoms. The molecule has 4 rings (SSSR count). The lowest BCUT2D eigenvalue weighted by Gasteiger charge is -2.34. The Morgan fingerprint density at radius 2 is 1.64 bits per heavy atom. The third-order valence-corrected chi connectivity index (χ3v) is 8.96. The zero-order chi connectivity index (χ0) is 32.0. The summed E-state index contributed by atoms with van der Waals surface area (Å²) in [5.74, 6) is 0.0244. The number of hydrogen-bond donors (Lipinski definition) is 5. The van der Waals surface area contributed by atoms with Gasteiger partial charge in [-0.05, 0) is 49.5 Å². The highest BCUT2D eigenvalue weighted by Gasteiger charge is 2.33. The Morgan fingerprint density at radius 1 is 0.956 bits per heavy atom. The van der Waals surface area contributed by atoms with Crippen LogP contribution in [0.1, 0.15) is 76.5 Å². The minimum atomic E-state index is -0.907. The van der Waals surface area contributed by atoms with Crippen molar-refractivity contribution in [3.8, 4) is 0 Å². The number of aromatic amines is 1. The number of urea groups is 1. The van der Waals surface area contributed by atoms with Gasteiger partial charge in [0.15, 0.2) is 0 Å². The van der Waals surface area contributed by atoms with E-state index in [0.717, 1.165) is 37.7 Å². The Balaban J connectivity index is 1.50. The molecule has 0 spiro atoms. The topological polar surface area (TPSA) is 149 Å². The molecule has 11 nitrogen and oxygen atoms in total. The zero-order valence-electron chi connectivity index (χ0n) is 26.9. The fraction of sp³-hybridized carbons (Fsp3) is 0.647. The van der Waals surface area contributed by atoms with E-state index in [9.17, 15) is 19.5 Å². The summed E-state index contributed by atoms with van der Waals surface area (Å²) in [6.07, 6.45) is 10.7. The SMILES string of the molecule is CC(C)CC[C@H](O)CC(NC(=O)[C@H](Cc1cnc[nH]1)NC(=O)[C@H](Cc1ccccc1)NC(=O)N1CCOCC1)C1CCCCC1. The summed E-state index contributed by atoms with van der Waals surface area (Å²) in [6.45, 7) is 6.08. The number of ether oxygens (including phenoxy) is 1. The molecule has 1 saturated heterocycles. The minimum absolute atomic E-state index is 0.192. The molecule has 1 aliphatic heterocycles. The molecule has 1 aromatic heterocycles. The van der Waals surface area contributed by atoms with E-state index in [-0.39, 0.29) is 36.7 Å². The van der Waals surface area contributed by atoms with Gasteiger partial charge in [-0.15, -0.1) is 0 Å². The van der Waals surface area contributed by atoms with Gasteiger partial charge in [0.05, 0.1) is 25.6 Å². The largest absolute Gasteiger partial charge is 0.393 e. The lowest BCUT2D eigenvalue weighted by molar-refractivity contribution is -0.130. The molecule has 248 valence electrons. The number of amides is 4. The van der Waals surface area contributed by atoms with E-state index in [4.69, 9.17) is 4.74 Å². The molecule has 2 aromatic rings. The number of carbonyl (C=O) groups excluding carboxylic acids is 3. The van der Waals surface area contributed by atoms with Crippen molar-refractivity contribution in [3.05, 3.63) is 54.1 Å². The second-order valence-corrected chi connectivity index (χ2v) is 13.0. The highest BCUT2D eigenvalue weighted by molar-refractivity contribution is 5.92. The van der Waals surface area contributed by atoms with Crippen LogP contribution in [0.2, 0.25) is 0 Å². The number of carbonyl (C=O) groups is 3. The van der Waals surface area contributed by atoms with Crippen molar-refractivity contribution >= 4 is 17.8 Å². The number of rotatable bonds is 15. The van der Waals surface area contributed by atoms with Gasteiger partial charge in [-0.3, -0.25) is 9.59 Å². The van der Waals surface area contributed by atoms with E-state index >= 15 is 0 Å². The highest BCUT2D eigenvalue weighted by atomic mass is 16.5. The van der Waals surface area contributed by atoms with Crippen molar-refractivity contribution in [2.75, 3.05) is 26.3 Å². The maximum atomic E-state index is 14.0. The van der Waals surface area contributed by atoms with Crippen LogP contribution in [0, 0.1) is 11.8 Å². The molecule has 0 bridgehead atoms. The van der Waals surface area contributed by atoms with Crippen molar-refractivity contribution in [3.63, 3.8) is 0 Å². The standard InChI is InChI=1S/C34H52N6O5/c1-24(2)13-14-28(41)21-29(26-11-7-4-8-12-26)37-33(43)31(20-27-22-35-23-36-27)38-32(42)30(19-25-9-5-3-6-10-25)39-34(44)40-15-17-45-18-16-40/h3,5-6,9-10,22-24,26,28-31,41H,4,7-8,11-21H2,1-2H3,(H,35,36)(H,37,43)(H,38,42)(H,39,44)/t28-,29?,30-,31-/m0/s1. The Bertz CT molecular complexity index is 1170. The van der Waals surface area contributed by atoms with Crippen molar-refractivity contribution < 1.29 is 24.2 Å². The molecule has 45 heavy (non-hydrogen) atoms. The van der Waals surface area contributed by atoms with Crippen LogP contribution in [-0.4, -0.2) is 88.4 Å². The molecule has 1 aromatic carbocycles. The van der Waals surface area contributed by atoms with Crippen LogP contribution in [-0.2, 0) is 27.2 Å². The van der Waals surface area contributed by atoms with Crippen molar-refractivity contribution in [1.29, 1.82) is 0 Å². The number of morpholine rings is 1. The van der Waals surface area contributed by atoms with E-state index in [1.807, 2.05) is 30.3 Å². The summed E-state index contributed by atoms with van der Waals surface area (Å²) in [5.41, 5.74) is 1.60. The number of aromatic nitrogens is 2. The first-order chi connectivity index (χ1) is 21.8. The highest BCUT2D eigenvalue weighted by Crippen LogP contribution is 2.29. The van der Waals surface area contributed by atoms with Gasteiger partial charge in [0.25, 0.3) is 0 Å². The van der Waals surface area contributed by atoms with Gasteiger partial charge >= 0.3 is 6.03 Å². The van der Waals surface area contributed by atoms with E-state index in [1.54, 1.807) is 17.4 Å². The van der Waals surface area contributed by atoms with Crippen molar-refractivity contribution in [2.24, 2.45) is 11.8 Å². The molecule has 4 atom stereocenters. The molecular weight excluding hydrogens is 572 g/mol. The Labute approximate surface area is 267 Å². The molecule has 2 fully saturated rings. The van der Waals surface area contributed by atoms with Crippen LogP contribution in [0.15, 0.2) is 42.9 Å². The third-order valence-electron chi connectivity index (χ3n) is 8.96. The number of H-pyrrole nitrogens is 1. The number of aliphatic hydroxyl groups is 1. The van der Waals surface area contributed by atoms with Gasteiger partial charge in [-0.1, -0.05) is 63.4 Å². The maximum Gasteiger partial charge on any atom is 0.318 e. The number of hydrogen-bond acceptors (Lipinski definition) is 6. The lowest BCUT2D eigenvalue weighted by atomic mass is 9.81. The normalized spacial score (nSPS) is 18.5. The Kier molecular flexibility index (Phi) is 13.7. The predicted octanol–water partition coefficient (Wildman–Crippen LogP) is 3.34. The van der Waals surface area contributed by atoms with Crippen molar-refractivity contribution in [2.45, 2.75) is 102 Å². The van der Waals surface area contributed by atoms with E-state index in [2.05, 4.69) is 39.8 Å². The second-order valence-electron chi connectivity index (χ2n) is 13.0. The third kappa shape index (κ3) is 11.5.